The Morgan fingerprint density at radius 1 is 1.20 bits per heavy atom. The molecule has 1 rings (SSSR count). The first kappa shape index (κ1) is 7.98. The van der Waals surface area contributed by atoms with Crippen LogP contribution in [0.1, 0.15) is 0 Å². The van der Waals surface area contributed by atoms with Crippen molar-refractivity contribution in [1.82, 2.24) is 9.80 Å². The molecule has 0 bridgehead atoms. The van der Waals surface area contributed by atoms with Crippen molar-refractivity contribution in [3.05, 3.63) is 0 Å². The minimum atomic E-state index is 0.0454. The van der Waals surface area contributed by atoms with Crippen molar-refractivity contribution in [2.24, 2.45) is 0 Å². The van der Waals surface area contributed by atoms with E-state index in [-0.39, 0.29) is 6.61 Å². The molecule has 10 heavy (non-hydrogen) atoms. The number of nitrogens with zero attached hydrogens (tertiary/aromatic N) is 2. The summed E-state index contributed by atoms with van der Waals surface area (Å²) < 4.78 is 0. The van der Waals surface area contributed by atoms with Gasteiger partial charge in [0.1, 0.15) is 0 Å². The van der Waals surface area contributed by atoms with Crippen LogP contribution in [-0.2, 0) is 0 Å². The van der Waals surface area contributed by atoms with Crippen molar-refractivity contribution >= 4 is 0 Å². The minimum Gasteiger partial charge on any atom is -0.854 e. The van der Waals surface area contributed by atoms with Crippen LogP contribution in [0, 0.1) is 0 Å². The van der Waals surface area contributed by atoms with Gasteiger partial charge in [0, 0.05) is 26.2 Å². The fourth-order valence-electron chi connectivity index (χ4n) is 1.20. The van der Waals surface area contributed by atoms with E-state index in [1.807, 2.05) is 0 Å². The summed E-state index contributed by atoms with van der Waals surface area (Å²) in [5.41, 5.74) is 0. The topological polar surface area (TPSA) is 29.5 Å². The van der Waals surface area contributed by atoms with Crippen molar-refractivity contribution in [3.8, 4) is 0 Å². The van der Waals surface area contributed by atoms with E-state index >= 15 is 0 Å². The van der Waals surface area contributed by atoms with Crippen molar-refractivity contribution in [2.75, 3.05) is 46.4 Å². The molecule has 1 aliphatic heterocycles. The van der Waals surface area contributed by atoms with Crippen LogP contribution in [0.2, 0.25) is 0 Å². The van der Waals surface area contributed by atoms with Crippen LogP contribution in [0.15, 0.2) is 0 Å². The highest BCUT2D eigenvalue weighted by Crippen LogP contribution is 1.96. The Balaban J connectivity index is 2.13. The van der Waals surface area contributed by atoms with Crippen LogP contribution in [0.4, 0.5) is 0 Å². The van der Waals surface area contributed by atoms with Gasteiger partial charge in [0.25, 0.3) is 0 Å². The van der Waals surface area contributed by atoms with E-state index < -0.39 is 0 Å². The Bertz CT molecular complexity index is 89.6. The zero-order valence-corrected chi connectivity index (χ0v) is 6.55. The van der Waals surface area contributed by atoms with Gasteiger partial charge < -0.3 is 14.9 Å². The number of rotatable bonds is 2. The first-order valence-corrected chi connectivity index (χ1v) is 3.82. The zero-order chi connectivity index (χ0) is 7.40. The maximum atomic E-state index is 10.2. The molecule has 0 atom stereocenters. The van der Waals surface area contributed by atoms with E-state index in [4.69, 9.17) is 0 Å². The van der Waals surface area contributed by atoms with Crippen molar-refractivity contribution in [3.63, 3.8) is 0 Å². The number of hydrogen-bond acceptors (Lipinski definition) is 3. The second kappa shape index (κ2) is 3.91. The van der Waals surface area contributed by atoms with Gasteiger partial charge in [-0.2, -0.15) is 0 Å². The van der Waals surface area contributed by atoms with E-state index in [1.54, 1.807) is 0 Å². The molecular formula is C7H15N2O-. The predicted octanol–water partition coefficient (Wildman–Crippen LogP) is -1.41. The normalized spacial score (nSPS) is 23.4. The Kier molecular flexibility index (Phi) is 3.12. The summed E-state index contributed by atoms with van der Waals surface area (Å²) in [6.45, 7) is 5.13. The molecule has 0 spiro atoms. The molecule has 0 aromatic heterocycles. The number of likely N-dealkylation sites (N-methyl/N-ethyl adjacent to an activating group) is 1. The van der Waals surface area contributed by atoms with Gasteiger partial charge in [-0.3, -0.25) is 0 Å². The molecule has 1 saturated heterocycles. The van der Waals surface area contributed by atoms with Gasteiger partial charge in [0.05, 0.1) is 0 Å². The molecule has 0 aliphatic carbocycles. The third kappa shape index (κ3) is 2.25. The second-order valence-corrected chi connectivity index (χ2v) is 2.85. The van der Waals surface area contributed by atoms with E-state index in [0.29, 0.717) is 0 Å². The molecule has 1 heterocycles. The molecule has 0 N–H and O–H groups in total. The largest absolute Gasteiger partial charge is 0.854 e. The lowest BCUT2D eigenvalue weighted by molar-refractivity contribution is -0.369. The molecule has 0 aromatic carbocycles. The summed E-state index contributed by atoms with van der Waals surface area (Å²) in [7, 11) is 2.12. The van der Waals surface area contributed by atoms with Gasteiger partial charge in [-0.25, -0.2) is 0 Å². The van der Waals surface area contributed by atoms with Crippen LogP contribution in [0.3, 0.4) is 0 Å². The van der Waals surface area contributed by atoms with Gasteiger partial charge in [-0.15, -0.1) is 6.61 Å². The van der Waals surface area contributed by atoms with Crippen LogP contribution >= 0.6 is 0 Å². The zero-order valence-electron chi connectivity index (χ0n) is 6.55. The van der Waals surface area contributed by atoms with Gasteiger partial charge in [-0.05, 0) is 13.6 Å². The fraction of sp³-hybridized carbons (Fsp3) is 1.00. The molecule has 0 radical (unpaired) electrons. The lowest BCUT2D eigenvalue weighted by atomic mass is 10.3. The second-order valence-electron chi connectivity index (χ2n) is 2.85. The summed E-state index contributed by atoms with van der Waals surface area (Å²) >= 11 is 0. The van der Waals surface area contributed by atoms with E-state index in [1.165, 1.54) is 0 Å². The van der Waals surface area contributed by atoms with Gasteiger partial charge in [0.15, 0.2) is 0 Å². The third-order valence-electron chi connectivity index (χ3n) is 2.00. The van der Waals surface area contributed by atoms with Gasteiger partial charge in [-0.1, -0.05) is 0 Å². The lowest BCUT2D eigenvalue weighted by Gasteiger charge is -2.32. The highest BCUT2D eigenvalue weighted by molar-refractivity contribution is 4.67. The van der Waals surface area contributed by atoms with Crippen molar-refractivity contribution in [2.45, 2.75) is 0 Å². The molecule has 3 nitrogen and oxygen atoms in total. The Morgan fingerprint density at radius 3 is 2.30 bits per heavy atom. The number of hydrogen-bond donors (Lipinski definition) is 0. The van der Waals surface area contributed by atoms with Crippen LogP contribution in [0.25, 0.3) is 0 Å². The van der Waals surface area contributed by atoms with Crippen LogP contribution < -0.4 is 5.11 Å². The van der Waals surface area contributed by atoms with E-state index in [2.05, 4.69) is 16.8 Å². The smallest absolute Gasteiger partial charge is 0.0109 e. The van der Waals surface area contributed by atoms with E-state index in [9.17, 15) is 5.11 Å². The van der Waals surface area contributed by atoms with Crippen molar-refractivity contribution < 1.29 is 5.11 Å². The lowest BCUT2D eigenvalue weighted by Crippen LogP contribution is -2.46. The maximum Gasteiger partial charge on any atom is 0.0109 e. The molecule has 0 saturated carbocycles. The molecule has 0 amide bonds. The summed E-state index contributed by atoms with van der Waals surface area (Å²) in [4.78, 5) is 4.52. The Labute approximate surface area is 62.2 Å². The standard InChI is InChI=1S/C7H15N2O/c1-8-2-4-9(5-3-8)6-7-10/h2-7H2,1H3/q-1. The fourth-order valence-corrected chi connectivity index (χ4v) is 1.20. The highest BCUT2D eigenvalue weighted by Gasteiger charge is 2.10. The van der Waals surface area contributed by atoms with Crippen LogP contribution in [0.5, 0.6) is 0 Å². The molecular weight excluding hydrogens is 128 g/mol. The maximum absolute atomic E-state index is 10.2. The molecule has 1 fully saturated rings. The van der Waals surface area contributed by atoms with Gasteiger partial charge in [0.2, 0.25) is 0 Å². The van der Waals surface area contributed by atoms with Crippen molar-refractivity contribution in [1.29, 1.82) is 0 Å². The quantitative estimate of drug-likeness (QED) is 0.476. The minimum absolute atomic E-state index is 0.0454. The average molecular weight is 143 g/mol. The van der Waals surface area contributed by atoms with Gasteiger partial charge >= 0.3 is 0 Å². The Hall–Kier alpha value is -0.120. The molecule has 1 aliphatic rings. The summed E-state index contributed by atoms with van der Waals surface area (Å²) in [6.07, 6.45) is 0. The van der Waals surface area contributed by atoms with E-state index in [0.717, 1.165) is 32.7 Å². The highest BCUT2D eigenvalue weighted by atomic mass is 16.3. The molecule has 3 heteroatoms. The first-order chi connectivity index (χ1) is 4.83. The summed E-state index contributed by atoms with van der Waals surface area (Å²) in [5, 5.41) is 10.2. The Morgan fingerprint density at radius 2 is 1.80 bits per heavy atom. The summed E-state index contributed by atoms with van der Waals surface area (Å²) in [6, 6.07) is 0. The third-order valence-corrected chi connectivity index (χ3v) is 2.00. The number of piperazine rings is 1. The SMILES string of the molecule is CN1CCN(CC[O-])CC1. The predicted molar refractivity (Wildman–Crippen MR) is 38.8 cm³/mol. The summed E-state index contributed by atoms with van der Waals surface area (Å²) in [5.74, 6) is 0. The first-order valence-electron chi connectivity index (χ1n) is 3.82. The molecule has 60 valence electrons. The average Bonchev–Trinajstić information content (AvgIpc) is 1.95. The molecule has 0 aromatic rings. The molecule has 0 unspecified atom stereocenters. The monoisotopic (exact) mass is 143 g/mol. The van der Waals surface area contributed by atoms with Crippen LogP contribution in [-0.4, -0.2) is 56.2 Å².